The Kier molecular flexibility index (Phi) is 15.8. The maximum absolute atomic E-state index is 11.0. The van der Waals surface area contributed by atoms with Crippen LogP contribution in [0.2, 0.25) is 0 Å². The highest BCUT2D eigenvalue weighted by atomic mass is 31.1. The lowest BCUT2D eigenvalue weighted by Gasteiger charge is -2.62. The molecule has 0 bridgehead atoms. The molecule has 342 valence electrons. The summed E-state index contributed by atoms with van der Waals surface area (Å²) in [4.78, 5) is 10.9. The van der Waals surface area contributed by atoms with Crippen LogP contribution in [-0.4, -0.2) is 52.7 Å². The summed E-state index contributed by atoms with van der Waals surface area (Å²) in [5.74, 6) is 10.1. The van der Waals surface area contributed by atoms with Crippen molar-refractivity contribution in [3.05, 3.63) is 0 Å². The van der Waals surface area contributed by atoms with Gasteiger partial charge in [0.2, 0.25) is 0 Å². The van der Waals surface area contributed by atoms with Crippen molar-refractivity contribution in [3.63, 3.8) is 0 Å². The molecule has 0 unspecified atom stereocenters. The lowest BCUT2D eigenvalue weighted by molar-refractivity contribution is -0.152. The summed E-state index contributed by atoms with van der Waals surface area (Å²) < 4.78 is 0. The Morgan fingerprint density at radius 1 is 0.576 bits per heavy atom. The Balaban J connectivity index is 0.000000186. The van der Waals surface area contributed by atoms with Crippen LogP contribution in [0.4, 0.5) is 0 Å². The molecule has 0 spiro atoms. The van der Waals surface area contributed by atoms with Crippen molar-refractivity contribution in [1.29, 1.82) is 0 Å². The van der Waals surface area contributed by atoms with Crippen LogP contribution in [0.3, 0.4) is 0 Å². The van der Waals surface area contributed by atoms with Gasteiger partial charge in [0.25, 0.3) is 0 Å². The number of fused-ring (bicyclic) bond motifs is 10. The first kappa shape index (κ1) is 48.4. The van der Waals surface area contributed by atoms with E-state index in [-0.39, 0.29) is 11.2 Å². The average Bonchev–Trinajstić information content (AvgIpc) is 3.77. The fraction of sp³-hybridized carbons (Fsp3) is 0.981. The SMILES string of the molecule is CC[C@]1(O)CC[C@@]2(C)[C@@H](CC[C@@H]3[C@@H]2CC[C@]2(C)[C@@H]([C@H](C)CCC=O)CC[C@@H]32)C1.CC[C@]1(O)CC[C@@]2(C)[C@@H](CC[C@@H]3[C@@H]2CC[C@]2(C)[C@@H]([C@H](C)CCCO)CC[C@@H]32)C1.CPC. The molecule has 0 heterocycles. The molecular weight excluding hydrogens is 744 g/mol. The average molecular weight is 841 g/mol. The minimum absolute atomic E-state index is 0.353. The van der Waals surface area contributed by atoms with Crippen molar-refractivity contribution in [2.45, 2.75) is 221 Å². The van der Waals surface area contributed by atoms with E-state index in [1.807, 2.05) is 0 Å². The van der Waals surface area contributed by atoms with Crippen LogP contribution >= 0.6 is 8.58 Å². The van der Waals surface area contributed by atoms with Gasteiger partial charge in [0.05, 0.1) is 11.2 Å². The number of carbonyl (C=O) groups is 1. The highest BCUT2D eigenvalue weighted by Gasteiger charge is 2.63. The first-order valence-electron chi connectivity index (χ1n) is 26.0. The van der Waals surface area contributed by atoms with Crippen molar-refractivity contribution >= 4 is 14.9 Å². The molecule has 0 radical (unpaired) electrons. The number of aldehydes is 1. The van der Waals surface area contributed by atoms with Crippen LogP contribution in [0.5, 0.6) is 0 Å². The highest BCUT2D eigenvalue weighted by molar-refractivity contribution is 7.35. The molecule has 0 aromatic carbocycles. The second-order valence-corrected chi connectivity index (χ2v) is 25.4. The topological polar surface area (TPSA) is 77.8 Å². The fourth-order valence-corrected chi connectivity index (χ4v) is 18.4. The van der Waals surface area contributed by atoms with Gasteiger partial charge in [0.1, 0.15) is 6.29 Å². The summed E-state index contributed by atoms with van der Waals surface area (Å²) in [6.07, 6.45) is 30.5. The van der Waals surface area contributed by atoms with E-state index >= 15 is 0 Å². The summed E-state index contributed by atoms with van der Waals surface area (Å²) >= 11 is 0. The molecule has 18 atom stereocenters. The minimum Gasteiger partial charge on any atom is -0.396 e. The van der Waals surface area contributed by atoms with E-state index in [0.717, 1.165) is 138 Å². The molecule has 59 heavy (non-hydrogen) atoms. The highest BCUT2D eigenvalue weighted by Crippen LogP contribution is 2.71. The minimum atomic E-state index is -0.382. The number of carbonyl (C=O) groups excluding carboxylic acids is 1. The monoisotopic (exact) mass is 841 g/mol. The van der Waals surface area contributed by atoms with E-state index in [9.17, 15) is 20.1 Å². The predicted octanol–water partition coefficient (Wildman–Crippen LogP) is 13.5. The van der Waals surface area contributed by atoms with Gasteiger partial charge in [-0.2, -0.15) is 0 Å². The summed E-state index contributed by atoms with van der Waals surface area (Å²) in [6.45, 7) is 24.4. The largest absolute Gasteiger partial charge is 0.396 e. The zero-order valence-electron chi connectivity index (χ0n) is 40.4. The zero-order valence-corrected chi connectivity index (χ0v) is 41.4. The third-order valence-corrected chi connectivity index (χ3v) is 22.0. The maximum atomic E-state index is 11.0. The Labute approximate surface area is 367 Å². The predicted molar refractivity (Wildman–Crippen MR) is 251 cm³/mol. The van der Waals surface area contributed by atoms with Crippen LogP contribution in [0.1, 0.15) is 209 Å². The number of aliphatic hydroxyl groups is 3. The normalized spacial score (nSPS) is 49.4. The van der Waals surface area contributed by atoms with E-state index in [4.69, 9.17) is 0 Å². The van der Waals surface area contributed by atoms with Gasteiger partial charge in [-0.1, -0.05) is 55.4 Å². The third kappa shape index (κ3) is 9.01. The van der Waals surface area contributed by atoms with Gasteiger partial charge in [-0.25, -0.2) is 0 Å². The van der Waals surface area contributed by atoms with Crippen LogP contribution in [0.15, 0.2) is 0 Å². The van der Waals surface area contributed by atoms with Gasteiger partial charge >= 0.3 is 0 Å². The first-order valence-corrected chi connectivity index (χ1v) is 28.0. The molecule has 3 N–H and O–H groups in total. The summed E-state index contributed by atoms with van der Waals surface area (Å²) in [5.41, 5.74) is 1.23. The molecule has 0 aromatic heterocycles. The van der Waals surface area contributed by atoms with Crippen LogP contribution < -0.4 is 0 Å². The second-order valence-electron chi connectivity index (χ2n) is 24.4. The number of hydrogen-bond acceptors (Lipinski definition) is 4. The first-order chi connectivity index (χ1) is 28.0. The fourth-order valence-electron chi connectivity index (χ4n) is 18.4. The van der Waals surface area contributed by atoms with Crippen molar-refractivity contribution in [2.75, 3.05) is 19.9 Å². The zero-order chi connectivity index (χ0) is 43.0. The van der Waals surface area contributed by atoms with Gasteiger partial charge in [-0.15, -0.1) is 8.58 Å². The standard InChI is InChI=1S/C26H46O2.C26H44O2.C2H7P/c2*1-5-26(28)15-14-24(3)19(17-26)8-9-20-22-11-10-21(18(2)7-6-16-27)25(22,4)13-12-23(20)24;1-3-2/h18-23,27-28H,5-17H2,1-4H3;16,18-23,28H,5-15,17H2,1-4H3;3H,1-2H3/t2*18-,19+,20+,21-,22+,23+,24+,25-,26+;/m11./s1. The van der Waals surface area contributed by atoms with Crippen LogP contribution in [0, 0.1) is 92.7 Å². The van der Waals surface area contributed by atoms with Gasteiger partial charge in [-0.05, 0) is 254 Å². The summed E-state index contributed by atoms with van der Waals surface area (Å²) in [7, 11) is 1.08. The Bertz CT molecular complexity index is 1370. The van der Waals surface area contributed by atoms with Crippen molar-refractivity contribution in [1.82, 2.24) is 0 Å². The Morgan fingerprint density at radius 2 is 0.983 bits per heavy atom. The molecule has 0 amide bonds. The van der Waals surface area contributed by atoms with Crippen molar-refractivity contribution in [2.24, 2.45) is 92.7 Å². The molecule has 0 aliphatic heterocycles. The molecule has 0 saturated heterocycles. The number of hydrogen-bond donors (Lipinski definition) is 3. The van der Waals surface area contributed by atoms with Crippen molar-refractivity contribution in [3.8, 4) is 0 Å². The van der Waals surface area contributed by atoms with E-state index in [1.54, 1.807) is 0 Å². The van der Waals surface area contributed by atoms with E-state index < -0.39 is 0 Å². The van der Waals surface area contributed by atoms with Gasteiger partial charge in [-0.3, -0.25) is 0 Å². The number of rotatable bonds is 10. The molecule has 4 nitrogen and oxygen atoms in total. The number of aliphatic hydroxyl groups excluding tert-OH is 1. The lowest BCUT2D eigenvalue weighted by Crippen LogP contribution is -2.56. The Hall–Kier alpha value is -0.0200. The molecule has 8 fully saturated rings. The van der Waals surface area contributed by atoms with Crippen LogP contribution in [-0.2, 0) is 4.79 Å². The summed E-state index contributed by atoms with van der Waals surface area (Å²) in [6, 6.07) is 0. The molecule has 5 heteroatoms. The molecular formula is C54H97O4P. The Morgan fingerprint density at radius 3 is 1.37 bits per heavy atom. The molecule has 8 aliphatic carbocycles. The van der Waals surface area contributed by atoms with Crippen molar-refractivity contribution < 1.29 is 20.1 Å². The quantitative estimate of drug-likeness (QED) is 0.151. The lowest BCUT2D eigenvalue weighted by atomic mass is 9.43. The molecule has 8 saturated carbocycles. The van der Waals surface area contributed by atoms with Gasteiger partial charge < -0.3 is 20.1 Å². The van der Waals surface area contributed by atoms with Gasteiger partial charge in [0, 0.05) is 13.0 Å². The summed E-state index contributed by atoms with van der Waals surface area (Å²) in [5, 5.41) is 31.2. The molecule has 8 rings (SSSR count). The smallest absolute Gasteiger partial charge is 0.120 e. The molecule has 8 aliphatic rings. The maximum Gasteiger partial charge on any atom is 0.120 e. The van der Waals surface area contributed by atoms with E-state index in [0.29, 0.717) is 34.2 Å². The van der Waals surface area contributed by atoms with Gasteiger partial charge in [0.15, 0.2) is 0 Å². The molecule has 0 aromatic rings. The van der Waals surface area contributed by atoms with E-state index in [1.165, 1.54) is 96.3 Å². The van der Waals surface area contributed by atoms with E-state index in [2.05, 4.69) is 68.7 Å². The third-order valence-electron chi connectivity index (χ3n) is 22.0. The van der Waals surface area contributed by atoms with Crippen LogP contribution in [0.25, 0.3) is 0 Å². The second kappa shape index (κ2) is 19.2.